The molecule has 2 rings (SSSR count). The number of hydrogen-bond acceptors (Lipinski definition) is 2. The first-order valence-corrected chi connectivity index (χ1v) is 5.86. The lowest BCUT2D eigenvalue weighted by atomic mass is 9.99. The number of carbonyl (C=O) groups excluding carboxylic acids is 1. The van der Waals surface area contributed by atoms with Gasteiger partial charge in [-0.2, -0.15) is 0 Å². The molecule has 0 spiro atoms. The molecule has 0 aromatic heterocycles. The molecule has 0 radical (unpaired) electrons. The number of anilines is 1. The second-order valence-electron chi connectivity index (χ2n) is 4.61. The summed E-state index contributed by atoms with van der Waals surface area (Å²) in [7, 11) is 0. The van der Waals surface area contributed by atoms with Crippen molar-refractivity contribution < 1.29 is 9.53 Å². The highest BCUT2D eigenvalue weighted by Gasteiger charge is 2.31. The van der Waals surface area contributed by atoms with Gasteiger partial charge in [-0.3, -0.25) is 4.90 Å². The fourth-order valence-corrected chi connectivity index (χ4v) is 2.06. The SMILES string of the molecule is CC(C)c1ccccc1N(C(N)=O)C1COC1. The van der Waals surface area contributed by atoms with Gasteiger partial charge in [-0.1, -0.05) is 32.0 Å². The van der Waals surface area contributed by atoms with E-state index in [-0.39, 0.29) is 6.04 Å². The number of amides is 2. The minimum Gasteiger partial charge on any atom is -0.377 e. The minimum atomic E-state index is -0.411. The largest absolute Gasteiger partial charge is 0.377 e. The molecule has 2 N–H and O–H groups in total. The van der Waals surface area contributed by atoms with Crippen molar-refractivity contribution in [2.24, 2.45) is 5.73 Å². The van der Waals surface area contributed by atoms with Crippen LogP contribution in [0.1, 0.15) is 25.3 Å². The van der Waals surface area contributed by atoms with Gasteiger partial charge in [-0.15, -0.1) is 0 Å². The van der Waals surface area contributed by atoms with Gasteiger partial charge in [0.1, 0.15) is 0 Å². The van der Waals surface area contributed by atoms with Gasteiger partial charge in [0.2, 0.25) is 0 Å². The third kappa shape index (κ3) is 2.26. The van der Waals surface area contributed by atoms with Gasteiger partial charge in [0.05, 0.1) is 19.3 Å². The van der Waals surface area contributed by atoms with E-state index in [1.807, 2.05) is 24.3 Å². The van der Waals surface area contributed by atoms with Gasteiger partial charge >= 0.3 is 6.03 Å². The molecule has 0 saturated carbocycles. The molecule has 17 heavy (non-hydrogen) atoms. The van der Waals surface area contributed by atoms with E-state index >= 15 is 0 Å². The zero-order valence-corrected chi connectivity index (χ0v) is 10.2. The first kappa shape index (κ1) is 11.9. The number of nitrogens with two attached hydrogens (primary N) is 1. The van der Waals surface area contributed by atoms with Gasteiger partial charge in [0.25, 0.3) is 0 Å². The molecule has 4 nitrogen and oxygen atoms in total. The van der Waals surface area contributed by atoms with Crippen molar-refractivity contribution in [3.63, 3.8) is 0 Å². The van der Waals surface area contributed by atoms with Gasteiger partial charge in [0.15, 0.2) is 0 Å². The molecule has 0 aliphatic carbocycles. The fraction of sp³-hybridized carbons (Fsp3) is 0.462. The van der Waals surface area contributed by atoms with Crippen LogP contribution in [0.4, 0.5) is 10.5 Å². The smallest absolute Gasteiger partial charge is 0.319 e. The molecule has 0 bridgehead atoms. The molecule has 1 fully saturated rings. The Hall–Kier alpha value is -1.55. The number of ether oxygens (including phenoxy) is 1. The first-order chi connectivity index (χ1) is 8.11. The topological polar surface area (TPSA) is 55.6 Å². The second-order valence-corrected chi connectivity index (χ2v) is 4.61. The van der Waals surface area contributed by atoms with Crippen LogP contribution in [0.15, 0.2) is 24.3 Å². The van der Waals surface area contributed by atoms with E-state index in [0.717, 1.165) is 11.3 Å². The number of para-hydroxylation sites is 1. The molecule has 0 unspecified atom stereocenters. The molecule has 1 heterocycles. The molecule has 2 amide bonds. The number of urea groups is 1. The number of hydrogen-bond donors (Lipinski definition) is 1. The van der Waals surface area contributed by atoms with Crippen LogP contribution in [0, 0.1) is 0 Å². The summed E-state index contributed by atoms with van der Waals surface area (Å²) < 4.78 is 5.14. The Labute approximate surface area is 101 Å². The van der Waals surface area contributed by atoms with Crippen molar-refractivity contribution in [1.82, 2.24) is 0 Å². The molecule has 4 heteroatoms. The van der Waals surface area contributed by atoms with Gasteiger partial charge < -0.3 is 10.5 Å². The van der Waals surface area contributed by atoms with Crippen molar-refractivity contribution in [1.29, 1.82) is 0 Å². The van der Waals surface area contributed by atoms with Crippen LogP contribution < -0.4 is 10.6 Å². The summed E-state index contributed by atoms with van der Waals surface area (Å²) in [4.78, 5) is 13.3. The van der Waals surface area contributed by atoms with Crippen LogP contribution in [0.3, 0.4) is 0 Å². The molecule has 1 aliphatic heterocycles. The Morgan fingerprint density at radius 3 is 2.53 bits per heavy atom. The highest BCUT2D eigenvalue weighted by Crippen LogP contribution is 2.30. The number of carbonyl (C=O) groups is 1. The molecule has 1 aromatic rings. The maximum atomic E-state index is 11.6. The van der Waals surface area contributed by atoms with E-state index in [9.17, 15) is 4.79 Å². The monoisotopic (exact) mass is 234 g/mol. The van der Waals surface area contributed by atoms with E-state index in [4.69, 9.17) is 10.5 Å². The number of primary amides is 1. The van der Waals surface area contributed by atoms with E-state index in [0.29, 0.717) is 19.1 Å². The van der Waals surface area contributed by atoms with E-state index in [2.05, 4.69) is 13.8 Å². The molecule has 1 saturated heterocycles. The van der Waals surface area contributed by atoms with E-state index in [1.165, 1.54) is 0 Å². The van der Waals surface area contributed by atoms with Crippen molar-refractivity contribution in [2.45, 2.75) is 25.8 Å². The highest BCUT2D eigenvalue weighted by atomic mass is 16.5. The second kappa shape index (κ2) is 4.75. The van der Waals surface area contributed by atoms with Crippen LogP contribution in [-0.2, 0) is 4.74 Å². The molecular weight excluding hydrogens is 216 g/mol. The Bertz CT molecular complexity index is 414. The van der Waals surface area contributed by atoms with Crippen LogP contribution in [0.5, 0.6) is 0 Å². The van der Waals surface area contributed by atoms with Gasteiger partial charge in [0, 0.05) is 5.69 Å². The maximum absolute atomic E-state index is 11.6. The number of rotatable bonds is 3. The summed E-state index contributed by atoms with van der Waals surface area (Å²) in [6, 6.07) is 7.55. The normalized spacial score (nSPS) is 15.7. The fourth-order valence-electron chi connectivity index (χ4n) is 2.06. The summed E-state index contributed by atoms with van der Waals surface area (Å²) in [6.07, 6.45) is 0. The van der Waals surface area contributed by atoms with Gasteiger partial charge in [-0.25, -0.2) is 4.79 Å². The van der Waals surface area contributed by atoms with Crippen molar-refractivity contribution in [2.75, 3.05) is 18.1 Å². The number of nitrogens with zero attached hydrogens (tertiary/aromatic N) is 1. The lowest BCUT2D eigenvalue weighted by Gasteiger charge is -2.37. The average molecular weight is 234 g/mol. The first-order valence-electron chi connectivity index (χ1n) is 5.86. The number of benzene rings is 1. The molecule has 92 valence electrons. The van der Waals surface area contributed by atoms with Crippen LogP contribution in [0.25, 0.3) is 0 Å². The highest BCUT2D eigenvalue weighted by molar-refractivity contribution is 5.92. The van der Waals surface area contributed by atoms with Crippen LogP contribution in [-0.4, -0.2) is 25.3 Å². The van der Waals surface area contributed by atoms with Gasteiger partial charge in [-0.05, 0) is 17.5 Å². The Balaban J connectivity index is 2.38. The van der Waals surface area contributed by atoms with Crippen LogP contribution in [0.2, 0.25) is 0 Å². The minimum absolute atomic E-state index is 0.0763. The maximum Gasteiger partial charge on any atom is 0.319 e. The zero-order valence-electron chi connectivity index (χ0n) is 10.2. The lowest BCUT2D eigenvalue weighted by molar-refractivity contribution is 0.0114. The van der Waals surface area contributed by atoms with Crippen molar-refractivity contribution >= 4 is 11.7 Å². The molecular formula is C13H18N2O2. The quantitative estimate of drug-likeness (QED) is 0.870. The predicted octanol–water partition coefficient (Wildman–Crippen LogP) is 2.09. The van der Waals surface area contributed by atoms with Crippen LogP contribution >= 0.6 is 0 Å². The third-order valence-corrected chi connectivity index (χ3v) is 3.04. The van der Waals surface area contributed by atoms with E-state index < -0.39 is 6.03 Å². The van der Waals surface area contributed by atoms with Crippen molar-refractivity contribution in [3.05, 3.63) is 29.8 Å². The van der Waals surface area contributed by atoms with E-state index in [1.54, 1.807) is 4.90 Å². The standard InChI is InChI=1S/C13H18N2O2/c1-9(2)11-5-3-4-6-12(11)15(13(14)16)10-7-17-8-10/h3-6,9-10H,7-8H2,1-2H3,(H2,14,16). The van der Waals surface area contributed by atoms with Crippen molar-refractivity contribution in [3.8, 4) is 0 Å². The lowest BCUT2D eigenvalue weighted by Crippen LogP contribution is -2.54. The Morgan fingerprint density at radius 1 is 1.41 bits per heavy atom. The summed E-state index contributed by atoms with van der Waals surface area (Å²) in [6.45, 7) is 5.34. The molecule has 1 aliphatic rings. The Morgan fingerprint density at radius 2 is 2.06 bits per heavy atom. The molecule has 1 aromatic carbocycles. The Kier molecular flexibility index (Phi) is 3.33. The third-order valence-electron chi connectivity index (χ3n) is 3.04. The zero-order chi connectivity index (χ0) is 12.4. The average Bonchev–Trinajstić information content (AvgIpc) is 2.22. The summed E-state index contributed by atoms with van der Waals surface area (Å²) in [5, 5.41) is 0. The summed E-state index contributed by atoms with van der Waals surface area (Å²) in [5.74, 6) is 0.356. The summed E-state index contributed by atoms with van der Waals surface area (Å²) in [5.41, 5.74) is 7.52. The summed E-state index contributed by atoms with van der Waals surface area (Å²) >= 11 is 0. The molecule has 0 atom stereocenters. The predicted molar refractivity (Wildman–Crippen MR) is 67.2 cm³/mol.